The fourth-order valence-electron chi connectivity index (χ4n) is 3.02. The van der Waals surface area contributed by atoms with E-state index in [1.54, 1.807) is 6.20 Å². The van der Waals surface area contributed by atoms with E-state index in [0.717, 1.165) is 49.4 Å². The van der Waals surface area contributed by atoms with Crippen molar-refractivity contribution in [2.24, 2.45) is 0 Å². The quantitative estimate of drug-likeness (QED) is 0.943. The van der Waals surface area contributed by atoms with Crippen LogP contribution in [0.1, 0.15) is 42.3 Å². The zero-order valence-corrected chi connectivity index (χ0v) is 13.0. The highest BCUT2D eigenvalue weighted by Crippen LogP contribution is 2.25. The van der Waals surface area contributed by atoms with Gasteiger partial charge in [0, 0.05) is 49.7 Å². The molecule has 1 aliphatic heterocycles. The normalized spacial score (nSPS) is 18.4. The van der Waals surface area contributed by atoms with Gasteiger partial charge >= 0.3 is 0 Å². The lowest BCUT2D eigenvalue weighted by Crippen LogP contribution is -2.39. The van der Waals surface area contributed by atoms with Crippen LogP contribution >= 0.6 is 0 Å². The summed E-state index contributed by atoms with van der Waals surface area (Å²) in [4.78, 5) is 26.2. The number of carbonyl (C=O) groups excluding carboxylic acids is 1. The maximum Gasteiger partial charge on any atom is 0.222 e. The molecule has 1 N–H and O–H groups in total. The van der Waals surface area contributed by atoms with Crippen molar-refractivity contribution in [2.45, 2.75) is 38.5 Å². The maximum absolute atomic E-state index is 12.4. The number of hydrogen-bond donors (Lipinski definition) is 1. The largest absolute Gasteiger partial charge is 0.346 e. The van der Waals surface area contributed by atoms with Crippen molar-refractivity contribution in [1.82, 2.24) is 19.9 Å². The summed E-state index contributed by atoms with van der Waals surface area (Å²) in [7, 11) is 0. The molecule has 0 saturated carbocycles. The molecule has 0 unspecified atom stereocenters. The summed E-state index contributed by atoms with van der Waals surface area (Å²) < 4.78 is 0. The first-order valence-electron chi connectivity index (χ1n) is 7.90. The van der Waals surface area contributed by atoms with Crippen LogP contribution in [0.2, 0.25) is 0 Å². The van der Waals surface area contributed by atoms with E-state index in [0.29, 0.717) is 12.3 Å². The second-order valence-electron chi connectivity index (χ2n) is 5.99. The molecule has 0 aromatic carbocycles. The minimum Gasteiger partial charge on any atom is -0.346 e. The molecule has 0 radical (unpaired) electrons. The van der Waals surface area contributed by atoms with E-state index in [2.05, 4.69) is 15.0 Å². The number of likely N-dealkylation sites (tertiary alicyclic amines) is 1. The summed E-state index contributed by atoms with van der Waals surface area (Å²) in [6.07, 6.45) is 8.90. The number of nitrogens with one attached hydrogen (secondary N) is 1. The molecule has 2 aromatic heterocycles. The highest BCUT2D eigenvalue weighted by atomic mass is 16.2. The van der Waals surface area contributed by atoms with E-state index < -0.39 is 0 Å². The molecule has 5 heteroatoms. The van der Waals surface area contributed by atoms with Crippen molar-refractivity contribution in [2.75, 3.05) is 13.1 Å². The molecule has 0 spiro atoms. The molecule has 3 heterocycles. The van der Waals surface area contributed by atoms with Crippen molar-refractivity contribution in [3.8, 4) is 0 Å². The van der Waals surface area contributed by atoms with Gasteiger partial charge in [-0.1, -0.05) is 6.07 Å². The summed E-state index contributed by atoms with van der Waals surface area (Å²) in [6.45, 7) is 3.65. The Morgan fingerprint density at radius 3 is 3.09 bits per heavy atom. The van der Waals surface area contributed by atoms with Gasteiger partial charge in [0.1, 0.15) is 5.82 Å². The second kappa shape index (κ2) is 6.73. The number of hydrogen-bond acceptors (Lipinski definition) is 3. The smallest absolute Gasteiger partial charge is 0.222 e. The zero-order chi connectivity index (χ0) is 15.4. The van der Waals surface area contributed by atoms with Crippen LogP contribution in [0.3, 0.4) is 0 Å². The predicted molar refractivity (Wildman–Crippen MR) is 84.4 cm³/mol. The summed E-state index contributed by atoms with van der Waals surface area (Å²) in [5.74, 6) is 1.59. The Labute approximate surface area is 130 Å². The monoisotopic (exact) mass is 298 g/mol. The van der Waals surface area contributed by atoms with Crippen molar-refractivity contribution in [1.29, 1.82) is 0 Å². The Balaban J connectivity index is 1.56. The minimum absolute atomic E-state index is 0.233. The third-order valence-corrected chi connectivity index (χ3v) is 4.23. The van der Waals surface area contributed by atoms with E-state index in [1.165, 1.54) is 0 Å². The molecule has 1 atom stereocenters. The number of nitrogens with zero attached hydrogens (tertiary/aromatic N) is 3. The molecule has 22 heavy (non-hydrogen) atoms. The molecule has 1 aliphatic rings. The van der Waals surface area contributed by atoms with Gasteiger partial charge in [-0.2, -0.15) is 0 Å². The van der Waals surface area contributed by atoms with E-state index in [1.807, 2.05) is 36.4 Å². The number of piperidine rings is 1. The second-order valence-corrected chi connectivity index (χ2v) is 5.99. The van der Waals surface area contributed by atoms with E-state index in [-0.39, 0.29) is 5.91 Å². The molecule has 5 nitrogen and oxygen atoms in total. The van der Waals surface area contributed by atoms with Crippen molar-refractivity contribution in [3.05, 3.63) is 47.8 Å². The van der Waals surface area contributed by atoms with Gasteiger partial charge in [0.05, 0.1) is 0 Å². The van der Waals surface area contributed by atoms with Crippen molar-refractivity contribution < 1.29 is 4.79 Å². The number of aryl methyl sites for hydroxylation is 2. The number of imidazole rings is 1. The lowest BCUT2D eigenvalue weighted by Gasteiger charge is -2.32. The average molecular weight is 298 g/mol. The topological polar surface area (TPSA) is 61.9 Å². The third-order valence-electron chi connectivity index (χ3n) is 4.23. The molecule has 2 aromatic rings. The van der Waals surface area contributed by atoms with Crippen LogP contribution in [0, 0.1) is 6.92 Å². The minimum atomic E-state index is 0.233. The summed E-state index contributed by atoms with van der Waals surface area (Å²) in [5.41, 5.74) is 2.20. The SMILES string of the molecule is Cc1cnc([C@H]2CCCN(C(=O)CCc3cccnc3)C2)[nH]1. The fraction of sp³-hybridized carbons (Fsp3) is 0.471. The van der Waals surface area contributed by atoms with E-state index in [9.17, 15) is 4.79 Å². The molecule has 1 amide bonds. The Morgan fingerprint density at radius 1 is 1.45 bits per heavy atom. The molecule has 1 fully saturated rings. The van der Waals surface area contributed by atoms with Gasteiger partial charge in [0.15, 0.2) is 0 Å². The molecule has 0 aliphatic carbocycles. The van der Waals surface area contributed by atoms with Gasteiger partial charge in [-0.05, 0) is 37.8 Å². The number of carbonyl (C=O) groups is 1. The summed E-state index contributed by atoms with van der Waals surface area (Å²) >= 11 is 0. The van der Waals surface area contributed by atoms with Crippen LogP contribution in [0.25, 0.3) is 0 Å². The number of amides is 1. The van der Waals surface area contributed by atoms with Gasteiger partial charge in [0.25, 0.3) is 0 Å². The first-order valence-corrected chi connectivity index (χ1v) is 7.90. The van der Waals surface area contributed by atoms with Crippen LogP contribution in [0.5, 0.6) is 0 Å². The Hall–Kier alpha value is -2.17. The molecule has 1 saturated heterocycles. The predicted octanol–water partition coefficient (Wildman–Crippen LogP) is 2.45. The highest BCUT2D eigenvalue weighted by molar-refractivity contribution is 5.76. The van der Waals surface area contributed by atoms with E-state index in [4.69, 9.17) is 0 Å². The van der Waals surface area contributed by atoms with Gasteiger partial charge in [0.2, 0.25) is 5.91 Å². The number of rotatable bonds is 4. The lowest BCUT2D eigenvalue weighted by atomic mass is 9.97. The summed E-state index contributed by atoms with van der Waals surface area (Å²) in [6, 6.07) is 3.93. The van der Waals surface area contributed by atoms with Gasteiger partial charge in [-0.25, -0.2) is 4.98 Å². The van der Waals surface area contributed by atoms with Gasteiger partial charge in [-0.3, -0.25) is 9.78 Å². The molecular weight excluding hydrogens is 276 g/mol. The third kappa shape index (κ3) is 3.53. The van der Waals surface area contributed by atoms with Gasteiger partial charge < -0.3 is 9.88 Å². The molecule has 0 bridgehead atoms. The Kier molecular flexibility index (Phi) is 4.51. The molecular formula is C17H22N4O. The first-order chi connectivity index (χ1) is 10.7. The van der Waals surface area contributed by atoms with E-state index >= 15 is 0 Å². The van der Waals surface area contributed by atoms with Gasteiger partial charge in [-0.15, -0.1) is 0 Å². The number of pyridine rings is 1. The first kappa shape index (κ1) is 14.8. The van der Waals surface area contributed by atoms with Crippen LogP contribution in [-0.2, 0) is 11.2 Å². The molecule has 116 valence electrons. The Morgan fingerprint density at radius 2 is 2.36 bits per heavy atom. The standard InChI is InChI=1S/C17H22N4O/c1-13-10-19-17(20-13)15-5-3-9-21(12-15)16(22)7-6-14-4-2-8-18-11-14/h2,4,8,10-11,15H,3,5-7,9,12H2,1H3,(H,19,20)/t15-/m0/s1. The lowest BCUT2D eigenvalue weighted by molar-refractivity contribution is -0.132. The van der Waals surface area contributed by atoms with Crippen LogP contribution in [0.4, 0.5) is 0 Å². The van der Waals surface area contributed by atoms with Crippen molar-refractivity contribution >= 4 is 5.91 Å². The van der Waals surface area contributed by atoms with Crippen LogP contribution in [0.15, 0.2) is 30.7 Å². The van der Waals surface area contributed by atoms with Crippen LogP contribution < -0.4 is 0 Å². The highest BCUT2D eigenvalue weighted by Gasteiger charge is 2.26. The number of H-pyrrole nitrogens is 1. The number of aromatic amines is 1. The zero-order valence-electron chi connectivity index (χ0n) is 13.0. The Bertz CT molecular complexity index is 623. The number of aromatic nitrogens is 3. The average Bonchev–Trinajstić information content (AvgIpc) is 3.00. The molecule has 3 rings (SSSR count). The fourth-order valence-corrected chi connectivity index (χ4v) is 3.02. The van der Waals surface area contributed by atoms with Crippen LogP contribution in [-0.4, -0.2) is 38.8 Å². The summed E-state index contributed by atoms with van der Waals surface area (Å²) in [5, 5.41) is 0. The maximum atomic E-state index is 12.4. The van der Waals surface area contributed by atoms with Crippen molar-refractivity contribution in [3.63, 3.8) is 0 Å².